The lowest BCUT2D eigenvalue weighted by Gasteiger charge is -2.20. The quantitative estimate of drug-likeness (QED) is 0.848. The third-order valence-corrected chi connectivity index (χ3v) is 5.25. The second-order valence-corrected chi connectivity index (χ2v) is 6.42. The summed E-state index contributed by atoms with van der Waals surface area (Å²) in [7, 11) is -2.11. The first-order valence-corrected chi connectivity index (χ1v) is 7.51. The van der Waals surface area contributed by atoms with Crippen molar-refractivity contribution in [1.29, 1.82) is 0 Å². The minimum Gasteiger partial charge on any atom is -0.495 e. The smallest absolute Gasteiger partial charge is 0.268 e. The van der Waals surface area contributed by atoms with Crippen molar-refractivity contribution >= 4 is 15.9 Å². The van der Waals surface area contributed by atoms with E-state index in [0.29, 0.717) is 24.7 Å². The van der Waals surface area contributed by atoms with Crippen molar-refractivity contribution in [3.05, 3.63) is 23.3 Å². The predicted octanol–water partition coefficient (Wildman–Crippen LogP) is 1.73. The third kappa shape index (κ3) is 2.32. The van der Waals surface area contributed by atoms with E-state index in [-0.39, 0.29) is 4.90 Å². The van der Waals surface area contributed by atoms with Gasteiger partial charge in [0.25, 0.3) is 10.0 Å². The lowest BCUT2D eigenvalue weighted by atomic mass is 10.1. The van der Waals surface area contributed by atoms with Crippen LogP contribution >= 0.6 is 0 Å². The topological polar surface area (TPSA) is 59.0 Å². The van der Waals surface area contributed by atoms with Crippen LogP contribution < -0.4 is 4.74 Å². The predicted molar refractivity (Wildman–Crippen MR) is 74.3 cm³/mol. The summed E-state index contributed by atoms with van der Waals surface area (Å²) in [5.41, 5.74) is 1.93. The summed E-state index contributed by atoms with van der Waals surface area (Å²) in [6.45, 7) is 6.43. The number of hydrogen-bond acceptors (Lipinski definition) is 4. The number of nitrogens with zero attached hydrogens (tertiary/aromatic N) is 2. The van der Waals surface area contributed by atoms with Crippen molar-refractivity contribution < 1.29 is 13.2 Å². The average Bonchev–Trinajstić information content (AvgIpc) is 2.79. The highest BCUT2D eigenvalue weighted by Gasteiger charge is 2.31. The third-order valence-electron chi connectivity index (χ3n) is 3.35. The molecular formula is C13H18N2O3S. The number of hydrogen-bond donors (Lipinski definition) is 0. The van der Waals surface area contributed by atoms with Gasteiger partial charge in [0.1, 0.15) is 16.5 Å². The van der Waals surface area contributed by atoms with Gasteiger partial charge in [0.05, 0.1) is 20.2 Å². The van der Waals surface area contributed by atoms with Crippen LogP contribution in [0.2, 0.25) is 0 Å². The maximum absolute atomic E-state index is 12.7. The molecule has 0 aliphatic carbocycles. The van der Waals surface area contributed by atoms with E-state index in [1.807, 2.05) is 13.8 Å². The number of amidine groups is 1. The van der Waals surface area contributed by atoms with E-state index in [4.69, 9.17) is 4.74 Å². The van der Waals surface area contributed by atoms with Gasteiger partial charge in [0, 0.05) is 0 Å². The Balaban J connectivity index is 2.58. The fraction of sp³-hybridized carbons (Fsp3) is 0.462. The zero-order valence-corrected chi connectivity index (χ0v) is 12.4. The van der Waals surface area contributed by atoms with Crippen molar-refractivity contribution in [3.63, 3.8) is 0 Å². The minimum absolute atomic E-state index is 0.203. The van der Waals surface area contributed by atoms with Crippen LogP contribution in [0.1, 0.15) is 18.1 Å². The molecule has 0 fully saturated rings. The lowest BCUT2D eigenvalue weighted by Crippen LogP contribution is -2.33. The molecule has 1 aromatic rings. The molecule has 1 aliphatic heterocycles. The van der Waals surface area contributed by atoms with Gasteiger partial charge >= 0.3 is 0 Å². The fourth-order valence-electron chi connectivity index (χ4n) is 2.08. The zero-order valence-electron chi connectivity index (χ0n) is 11.6. The first-order valence-electron chi connectivity index (χ1n) is 6.07. The molecule has 6 heteroatoms. The van der Waals surface area contributed by atoms with E-state index < -0.39 is 10.0 Å². The Morgan fingerprint density at radius 2 is 1.84 bits per heavy atom. The van der Waals surface area contributed by atoms with Crippen LogP contribution in [0.3, 0.4) is 0 Å². The number of methoxy groups -OCH3 is 1. The highest BCUT2D eigenvalue weighted by molar-refractivity contribution is 7.89. The number of aryl methyl sites for hydroxylation is 2. The molecule has 19 heavy (non-hydrogen) atoms. The average molecular weight is 282 g/mol. The molecular weight excluding hydrogens is 264 g/mol. The molecule has 0 amide bonds. The Morgan fingerprint density at radius 1 is 1.21 bits per heavy atom. The fourth-order valence-corrected chi connectivity index (χ4v) is 3.77. The highest BCUT2D eigenvalue weighted by Crippen LogP contribution is 2.30. The van der Waals surface area contributed by atoms with Crippen LogP contribution in [-0.4, -0.2) is 38.8 Å². The molecule has 104 valence electrons. The molecule has 0 radical (unpaired) electrons. The molecule has 5 nitrogen and oxygen atoms in total. The van der Waals surface area contributed by atoms with Gasteiger partial charge in [0.2, 0.25) is 0 Å². The van der Waals surface area contributed by atoms with Gasteiger partial charge in [-0.15, -0.1) is 0 Å². The second-order valence-electron chi connectivity index (χ2n) is 4.59. The van der Waals surface area contributed by atoms with E-state index in [9.17, 15) is 8.42 Å². The van der Waals surface area contributed by atoms with Crippen molar-refractivity contribution in [2.75, 3.05) is 20.2 Å². The molecule has 0 atom stereocenters. The van der Waals surface area contributed by atoms with Crippen molar-refractivity contribution in [1.82, 2.24) is 4.31 Å². The van der Waals surface area contributed by atoms with Crippen LogP contribution in [0.5, 0.6) is 5.75 Å². The molecule has 1 heterocycles. The SMILES string of the molecule is COc1cc(C)c(C)cc1S(=O)(=O)N1CCN=C1C. The van der Waals surface area contributed by atoms with Gasteiger partial charge in [-0.1, -0.05) is 0 Å². The Hall–Kier alpha value is -1.56. The monoisotopic (exact) mass is 282 g/mol. The van der Waals surface area contributed by atoms with Gasteiger partial charge in [-0.05, 0) is 44.0 Å². The first kappa shape index (κ1) is 13.9. The van der Waals surface area contributed by atoms with Crippen LogP contribution in [0.15, 0.2) is 22.0 Å². The molecule has 0 saturated carbocycles. The van der Waals surface area contributed by atoms with Crippen LogP contribution in [0, 0.1) is 13.8 Å². The summed E-state index contributed by atoms with van der Waals surface area (Å²) in [4.78, 5) is 4.33. The molecule has 0 bridgehead atoms. The minimum atomic E-state index is -3.59. The van der Waals surface area contributed by atoms with E-state index in [2.05, 4.69) is 4.99 Å². The number of rotatable bonds is 3. The van der Waals surface area contributed by atoms with E-state index >= 15 is 0 Å². The summed E-state index contributed by atoms with van der Waals surface area (Å²) in [6.07, 6.45) is 0. The Bertz CT molecular complexity index is 636. The lowest BCUT2D eigenvalue weighted by molar-refractivity contribution is 0.400. The summed E-state index contributed by atoms with van der Waals surface area (Å²) < 4.78 is 31.9. The van der Waals surface area contributed by atoms with E-state index in [1.54, 1.807) is 19.1 Å². The van der Waals surface area contributed by atoms with Gasteiger partial charge < -0.3 is 4.74 Å². The van der Waals surface area contributed by atoms with Gasteiger partial charge in [-0.3, -0.25) is 9.30 Å². The molecule has 1 aliphatic rings. The highest BCUT2D eigenvalue weighted by atomic mass is 32.2. The maximum atomic E-state index is 12.7. The van der Waals surface area contributed by atoms with Crippen molar-refractivity contribution in [3.8, 4) is 5.75 Å². The standard InChI is InChI=1S/C13H18N2O3S/c1-9-7-12(18-4)13(8-10(9)2)19(16,17)15-6-5-14-11(15)3/h7-8H,5-6H2,1-4H3. The van der Waals surface area contributed by atoms with Gasteiger partial charge in [0.15, 0.2) is 0 Å². The molecule has 1 aromatic carbocycles. The van der Waals surface area contributed by atoms with Crippen molar-refractivity contribution in [2.45, 2.75) is 25.7 Å². The van der Waals surface area contributed by atoms with Gasteiger partial charge in [-0.2, -0.15) is 0 Å². The van der Waals surface area contributed by atoms with Crippen LogP contribution in [0.25, 0.3) is 0 Å². The molecule has 0 unspecified atom stereocenters. The number of benzene rings is 1. The first-order chi connectivity index (χ1) is 8.87. The molecule has 0 aromatic heterocycles. The maximum Gasteiger partial charge on any atom is 0.268 e. The van der Waals surface area contributed by atoms with Crippen LogP contribution in [-0.2, 0) is 10.0 Å². The number of aliphatic imine (C=N–C) groups is 1. The van der Waals surface area contributed by atoms with Crippen LogP contribution in [0.4, 0.5) is 0 Å². The molecule has 0 saturated heterocycles. The summed E-state index contributed by atoms with van der Waals surface area (Å²) in [5.74, 6) is 0.906. The normalized spacial score (nSPS) is 15.6. The zero-order chi connectivity index (χ0) is 14.2. The summed E-state index contributed by atoms with van der Waals surface area (Å²) in [6, 6.07) is 3.42. The molecule has 0 spiro atoms. The Kier molecular flexibility index (Phi) is 3.54. The summed E-state index contributed by atoms with van der Waals surface area (Å²) >= 11 is 0. The van der Waals surface area contributed by atoms with E-state index in [1.165, 1.54) is 11.4 Å². The second kappa shape index (κ2) is 4.85. The number of ether oxygens (including phenoxy) is 1. The van der Waals surface area contributed by atoms with Crippen molar-refractivity contribution in [2.24, 2.45) is 4.99 Å². The summed E-state index contributed by atoms with van der Waals surface area (Å²) in [5, 5.41) is 0. The Morgan fingerprint density at radius 3 is 2.37 bits per heavy atom. The van der Waals surface area contributed by atoms with E-state index in [0.717, 1.165) is 11.1 Å². The largest absolute Gasteiger partial charge is 0.495 e. The number of sulfonamides is 1. The Labute approximate surface area is 114 Å². The molecule has 0 N–H and O–H groups in total. The van der Waals surface area contributed by atoms with Gasteiger partial charge in [-0.25, -0.2) is 8.42 Å². The molecule has 2 rings (SSSR count).